The number of ether oxygens (including phenoxy) is 1. The predicted molar refractivity (Wildman–Crippen MR) is 118 cm³/mol. The van der Waals surface area contributed by atoms with Gasteiger partial charge in [0.05, 0.1) is 7.11 Å². The molecule has 1 saturated heterocycles. The number of carbonyl (C=O) groups is 2. The maximum Gasteiger partial charge on any atom is 0.229 e. The second-order valence-electron chi connectivity index (χ2n) is 9.19. The van der Waals surface area contributed by atoms with E-state index in [1.165, 1.54) is 24.0 Å². The van der Waals surface area contributed by atoms with Gasteiger partial charge in [-0.05, 0) is 55.7 Å². The molecule has 30 heavy (non-hydrogen) atoms. The fourth-order valence-electron chi connectivity index (χ4n) is 5.44. The zero-order valence-electron chi connectivity index (χ0n) is 18.2. The highest BCUT2D eigenvalue weighted by Gasteiger charge is 2.44. The van der Waals surface area contributed by atoms with Crippen LogP contribution in [0.5, 0.6) is 5.75 Å². The first-order valence-corrected chi connectivity index (χ1v) is 11.5. The summed E-state index contributed by atoms with van der Waals surface area (Å²) in [5, 5.41) is 0. The molecule has 2 fully saturated rings. The van der Waals surface area contributed by atoms with E-state index in [-0.39, 0.29) is 17.2 Å². The lowest BCUT2D eigenvalue weighted by molar-refractivity contribution is -0.153. The van der Waals surface area contributed by atoms with Crippen molar-refractivity contribution in [2.45, 2.75) is 57.8 Å². The summed E-state index contributed by atoms with van der Waals surface area (Å²) in [5.41, 5.74) is 2.56. The first-order chi connectivity index (χ1) is 14.6. The SMILES string of the molecule is COc1ccccc1C1=CCN(CCCCN2C(=O)CC3(CCCC3)CC2=O)CC1. The molecule has 0 N–H and O–H groups in total. The number of hydrogen-bond donors (Lipinski definition) is 0. The Balaban J connectivity index is 1.21. The Bertz CT molecular complexity index is 790. The number of benzene rings is 1. The van der Waals surface area contributed by atoms with Crippen LogP contribution in [0.1, 0.15) is 63.4 Å². The highest BCUT2D eigenvalue weighted by Crippen LogP contribution is 2.46. The summed E-state index contributed by atoms with van der Waals surface area (Å²) in [6.07, 6.45) is 10.8. The minimum absolute atomic E-state index is 0.00391. The van der Waals surface area contributed by atoms with Crippen LogP contribution in [0.2, 0.25) is 0 Å². The summed E-state index contributed by atoms with van der Waals surface area (Å²) < 4.78 is 5.50. The third-order valence-electron chi connectivity index (χ3n) is 7.17. The highest BCUT2D eigenvalue weighted by atomic mass is 16.5. The molecule has 5 nitrogen and oxygen atoms in total. The number of piperidine rings is 1. The minimum atomic E-state index is 0.00391. The molecule has 0 radical (unpaired) electrons. The van der Waals surface area contributed by atoms with Gasteiger partial charge in [0.2, 0.25) is 11.8 Å². The van der Waals surface area contributed by atoms with Crippen molar-refractivity contribution in [1.82, 2.24) is 9.80 Å². The highest BCUT2D eigenvalue weighted by molar-refractivity contribution is 5.98. The fourth-order valence-corrected chi connectivity index (χ4v) is 5.44. The Morgan fingerprint density at radius 1 is 1.00 bits per heavy atom. The number of imide groups is 1. The summed E-state index contributed by atoms with van der Waals surface area (Å²) in [5.74, 6) is 1.07. The smallest absolute Gasteiger partial charge is 0.229 e. The van der Waals surface area contributed by atoms with Crippen LogP contribution >= 0.6 is 0 Å². The molecule has 0 aromatic heterocycles. The largest absolute Gasteiger partial charge is 0.496 e. The summed E-state index contributed by atoms with van der Waals surface area (Å²) in [4.78, 5) is 29.1. The Labute approximate surface area is 180 Å². The molecule has 4 rings (SSSR count). The number of carbonyl (C=O) groups excluding carboxylic acids is 2. The normalized spacial score (nSPS) is 21.9. The molecule has 5 heteroatoms. The van der Waals surface area contributed by atoms with Crippen LogP contribution in [-0.4, -0.2) is 54.9 Å². The van der Waals surface area contributed by atoms with E-state index in [1.54, 1.807) is 12.0 Å². The lowest BCUT2D eigenvalue weighted by Crippen LogP contribution is -2.47. The van der Waals surface area contributed by atoms with Crippen LogP contribution < -0.4 is 4.74 Å². The molecule has 1 aliphatic carbocycles. The number of likely N-dealkylation sites (tertiary alicyclic amines) is 1. The Kier molecular flexibility index (Phi) is 6.57. The topological polar surface area (TPSA) is 49.9 Å². The average molecular weight is 411 g/mol. The van der Waals surface area contributed by atoms with Crippen LogP contribution in [-0.2, 0) is 9.59 Å². The number of nitrogens with zero attached hydrogens (tertiary/aromatic N) is 2. The zero-order chi connectivity index (χ0) is 21.0. The van der Waals surface area contributed by atoms with Crippen molar-refractivity contribution in [1.29, 1.82) is 0 Å². The van der Waals surface area contributed by atoms with Gasteiger partial charge in [-0.2, -0.15) is 0 Å². The first kappa shape index (κ1) is 21.1. The van der Waals surface area contributed by atoms with Crippen molar-refractivity contribution >= 4 is 17.4 Å². The molecule has 2 heterocycles. The molecular weight excluding hydrogens is 376 g/mol. The van der Waals surface area contributed by atoms with E-state index in [1.807, 2.05) is 12.1 Å². The summed E-state index contributed by atoms with van der Waals surface area (Å²) in [6.45, 7) is 3.57. The monoisotopic (exact) mass is 410 g/mol. The van der Waals surface area contributed by atoms with Gasteiger partial charge < -0.3 is 4.74 Å². The van der Waals surface area contributed by atoms with Crippen LogP contribution in [0.3, 0.4) is 0 Å². The molecule has 2 aliphatic heterocycles. The van der Waals surface area contributed by atoms with E-state index in [9.17, 15) is 9.59 Å². The van der Waals surface area contributed by atoms with Crippen molar-refractivity contribution in [3.05, 3.63) is 35.9 Å². The fraction of sp³-hybridized carbons (Fsp3) is 0.600. The molecule has 1 aromatic carbocycles. The number of hydrogen-bond acceptors (Lipinski definition) is 4. The zero-order valence-corrected chi connectivity index (χ0v) is 18.2. The second-order valence-corrected chi connectivity index (χ2v) is 9.19. The van der Waals surface area contributed by atoms with E-state index in [0.717, 1.165) is 57.5 Å². The van der Waals surface area contributed by atoms with Gasteiger partial charge in [-0.25, -0.2) is 0 Å². The maximum absolute atomic E-state index is 12.6. The van der Waals surface area contributed by atoms with Crippen LogP contribution in [0.4, 0.5) is 0 Å². The Morgan fingerprint density at radius 3 is 2.37 bits per heavy atom. The third-order valence-corrected chi connectivity index (χ3v) is 7.17. The molecule has 2 amide bonds. The van der Waals surface area contributed by atoms with Crippen LogP contribution in [0.25, 0.3) is 5.57 Å². The van der Waals surface area contributed by atoms with Crippen molar-refractivity contribution in [2.24, 2.45) is 5.41 Å². The Morgan fingerprint density at radius 2 is 1.70 bits per heavy atom. The molecule has 3 aliphatic rings. The summed E-state index contributed by atoms with van der Waals surface area (Å²) >= 11 is 0. The molecule has 0 bridgehead atoms. The first-order valence-electron chi connectivity index (χ1n) is 11.5. The van der Waals surface area contributed by atoms with Crippen LogP contribution in [0, 0.1) is 5.41 Å². The average Bonchev–Trinajstić information content (AvgIpc) is 3.20. The molecular formula is C25H34N2O3. The molecule has 1 spiro atoms. The van der Waals surface area contributed by atoms with Gasteiger partial charge in [-0.15, -0.1) is 0 Å². The van der Waals surface area contributed by atoms with Gasteiger partial charge in [-0.3, -0.25) is 19.4 Å². The van der Waals surface area contributed by atoms with Gasteiger partial charge in [-0.1, -0.05) is 37.1 Å². The van der Waals surface area contributed by atoms with Gasteiger partial charge in [0.1, 0.15) is 5.75 Å². The second kappa shape index (κ2) is 9.34. The van der Waals surface area contributed by atoms with Gasteiger partial charge >= 0.3 is 0 Å². The van der Waals surface area contributed by atoms with E-state index in [4.69, 9.17) is 4.74 Å². The van der Waals surface area contributed by atoms with E-state index >= 15 is 0 Å². The van der Waals surface area contributed by atoms with Crippen LogP contribution in [0.15, 0.2) is 30.3 Å². The summed E-state index contributed by atoms with van der Waals surface area (Å²) in [7, 11) is 1.72. The van der Waals surface area contributed by atoms with Gasteiger partial charge in [0.25, 0.3) is 0 Å². The van der Waals surface area contributed by atoms with Crippen molar-refractivity contribution < 1.29 is 14.3 Å². The van der Waals surface area contributed by atoms with Gasteiger partial charge in [0.15, 0.2) is 0 Å². The number of methoxy groups -OCH3 is 1. The molecule has 0 atom stereocenters. The number of unbranched alkanes of at least 4 members (excludes halogenated alkanes) is 1. The molecule has 1 saturated carbocycles. The predicted octanol–water partition coefficient (Wildman–Crippen LogP) is 4.27. The quantitative estimate of drug-likeness (QED) is 0.497. The van der Waals surface area contributed by atoms with Crippen molar-refractivity contribution in [2.75, 3.05) is 33.3 Å². The van der Waals surface area contributed by atoms with Crippen molar-refractivity contribution in [3.8, 4) is 5.75 Å². The maximum atomic E-state index is 12.6. The molecule has 162 valence electrons. The minimum Gasteiger partial charge on any atom is -0.496 e. The Hall–Kier alpha value is -2.14. The molecule has 0 unspecified atom stereocenters. The number of rotatable bonds is 7. The molecule has 1 aromatic rings. The summed E-state index contributed by atoms with van der Waals surface area (Å²) in [6, 6.07) is 8.20. The van der Waals surface area contributed by atoms with Gasteiger partial charge in [0, 0.05) is 38.0 Å². The lowest BCUT2D eigenvalue weighted by atomic mass is 9.76. The third kappa shape index (κ3) is 4.61. The van der Waals surface area contributed by atoms with E-state index in [0.29, 0.717) is 19.4 Å². The lowest BCUT2D eigenvalue weighted by Gasteiger charge is -2.37. The standard InChI is InChI=1S/C25H34N2O3/c1-30-22-9-3-2-8-21(22)20-10-16-26(17-11-20)14-6-7-15-27-23(28)18-25(19-24(27)29)12-4-5-13-25/h2-3,8-10H,4-7,11-19H2,1H3. The number of para-hydroxylation sites is 1. The number of amides is 2. The van der Waals surface area contributed by atoms with E-state index < -0.39 is 0 Å². The van der Waals surface area contributed by atoms with E-state index in [2.05, 4.69) is 23.1 Å². The van der Waals surface area contributed by atoms with Crippen molar-refractivity contribution in [3.63, 3.8) is 0 Å².